The largest absolute Gasteiger partial charge is 0.393 e. The van der Waals surface area contributed by atoms with Crippen LogP contribution in [0.4, 0.5) is 0 Å². The van der Waals surface area contributed by atoms with Crippen LogP contribution in [-0.4, -0.2) is 52.5 Å². The summed E-state index contributed by atoms with van der Waals surface area (Å²) in [5, 5.41) is 22.6. The molecule has 33 heavy (non-hydrogen) atoms. The van der Waals surface area contributed by atoms with E-state index in [-0.39, 0.29) is 12.0 Å². The van der Waals surface area contributed by atoms with Gasteiger partial charge in [-0.25, -0.2) is 0 Å². The Balaban J connectivity index is 1.47. The van der Waals surface area contributed by atoms with E-state index in [1.54, 1.807) is 22.3 Å². The molecule has 0 atom stereocenters. The highest BCUT2D eigenvalue weighted by Crippen LogP contribution is 2.39. The Morgan fingerprint density at radius 3 is 2.61 bits per heavy atom. The zero-order chi connectivity index (χ0) is 23.6. The fourth-order valence-corrected chi connectivity index (χ4v) is 5.59. The van der Waals surface area contributed by atoms with Crippen LogP contribution in [0.3, 0.4) is 0 Å². The topological polar surface area (TPSA) is 73.1 Å². The molecule has 5 nitrogen and oxygen atoms in total. The van der Waals surface area contributed by atoms with Crippen molar-refractivity contribution >= 4 is 41.1 Å². The van der Waals surface area contributed by atoms with Crippen molar-refractivity contribution in [2.75, 3.05) is 13.1 Å². The lowest BCUT2D eigenvalue weighted by Gasteiger charge is -2.36. The third-order valence-electron chi connectivity index (χ3n) is 6.54. The van der Waals surface area contributed by atoms with E-state index in [4.69, 9.17) is 11.6 Å². The highest BCUT2D eigenvalue weighted by molar-refractivity contribution is 7.13. The van der Waals surface area contributed by atoms with Gasteiger partial charge in [0.2, 0.25) is 0 Å². The summed E-state index contributed by atoms with van der Waals surface area (Å²) in [7, 11) is 0. The van der Waals surface area contributed by atoms with Crippen LogP contribution in [0.15, 0.2) is 53.0 Å². The van der Waals surface area contributed by atoms with E-state index in [2.05, 4.69) is 18.3 Å². The molecule has 2 heterocycles. The molecule has 2 aromatic rings. The number of carbonyl (C=O) groups is 1. The summed E-state index contributed by atoms with van der Waals surface area (Å²) in [6, 6.07) is 7.43. The molecule has 1 aliphatic heterocycles. The van der Waals surface area contributed by atoms with Gasteiger partial charge in [-0.05, 0) is 79.6 Å². The molecule has 4 rings (SSSR count). The molecule has 0 bridgehead atoms. The van der Waals surface area contributed by atoms with Gasteiger partial charge in [-0.3, -0.25) is 9.79 Å². The molecule has 1 saturated carbocycles. The Morgan fingerprint density at radius 1 is 1.27 bits per heavy atom. The van der Waals surface area contributed by atoms with E-state index in [1.165, 1.54) is 0 Å². The van der Waals surface area contributed by atoms with Crippen LogP contribution < -0.4 is 0 Å². The minimum Gasteiger partial charge on any atom is -0.393 e. The van der Waals surface area contributed by atoms with Crippen molar-refractivity contribution < 1.29 is 15.0 Å². The number of hydrogen-bond acceptors (Lipinski definition) is 5. The summed E-state index contributed by atoms with van der Waals surface area (Å²) in [6.07, 6.45) is 5.91. The maximum absolute atomic E-state index is 12.8. The van der Waals surface area contributed by atoms with E-state index in [0.29, 0.717) is 42.9 Å². The molecule has 174 valence electrons. The quantitative estimate of drug-likeness (QED) is 0.398. The van der Waals surface area contributed by atoms with Gasteiger partial charge >= 0.3 is 0 Å². The number of piperidine rings is 1. The first kappa shape index (κ1) is 23.9. The van der Waals surface area contributed by atoms with E-state index >= 15 is 0 Å². The van der Waals surface area contributed by atoms with Crippen LogP contribution >= 0.6 is 22.9 Å². The van der Waals surface area contributed by atoms with Crippen molar-refractivity contribution in [1.82, 2.24) is 4.90 Å². The number of benzene rings is 1. The van der Waals surface area contributed by atoms with Gasteiger partial charge in [0.25, 0.3) is 5.91 Å². The van der Waals surface area contributed by atoms with Crippen LogP contribution in [0.5, 0.6) is 0 Å². The van der Waals surface area contributed by atoms with Crippen LogP contribution in [0.1, 0.15) is 54.4 Å². The van der Waals surface area contributed by atoms with E-state index < -0.39 is 5.60 Å². The SMILES string of the molecule is C=N/C(=C\C(=C)c1csc(-c2ccc(C(=O)N3CCC(O)CC3)cc2Cl)c1)CC1(O)CCC1. The monoisotopic (exact) mass is 484 g/mol. The van der Waals surface area contributed by atoms with Crippen molar-refractivity contribution in [2.45, 2.75) is 50.2 Å². The molecule has 1 aromatic heterocycles. The number of rotatable bonds is 7. The van der Waals surface area contributed by atoms with Gasteiger partial charge in [-0.1, -0.05) is 24.2 Å². The third-order valence-corrected chi connectivity index (χ3v) is 7.82. The van der Waals surface area contributed by atoms with E-state index in [0.717, 1.165) is 46.5 Å². The zero-order valence-electron chi connectivity index (χ0n) is 18.6. The number of thiophene rings is 1. The number of aliphatic hydroxyl groups is 2. The first-order valence-electron chi connectivity index (χ1n) is 11.2. The summed E-state index contributed by atoms with van der Waals surface area (Å²) in [5.41, 5.74) is 3.26. The average Bonchev–Trinajstić information content (AvgIpc) is 3.27. The van der Waals surface area contributed by atoms with Crippen LogP contribution in [0, 0.1) is 0 Å². The maximum atomic E-state index is 12.8. The molecular formula is C26H29ClN2O3S. The van der Waals surface area contributed by atoms with Gasteiger partial charge in [-0.15, -0.1) is 11.3 Å². The Hall–Kier alpha value is -2.25. The highest BCUT2D eigenvalue weighted by Gasteiger charge is 2.35. The first-order chi connectivity index (χ1) is 15.8. The van der Waals surface area contributed by atoms with Gasteiger partial charge in [0.05, 0.1) is 16.7 Å². The number of amides is 1. The molecule has 2 aliphatic rings. The average molecular weight is 485 g/mol. The highest BCUT2D eigenvalue weighted by atomic mass is 35.5. The molecule has 1 amide bonds. The van der Waals surface area contributed by atoms with Crippen molar-refractivity contribution in [2.24, 2.45) is 4.99 Å². The van der Waals surface area contributed by atoms with Crippen molar-refractivity contribution in [3.63, 3.8) is 0 Å². The van der Waals surface area contributed by atoms with Crippen molar-refractivity contribution in [3.8, 4) is 10.4 Å². The first-order valence-corrected chi connectivity index (χ1v) is 12.5. The fraction of sp³-hybridized carbons (Fsp3) is 0.385. The molecule has 0 unspecified atom stereocenters. The van der Waals surface area contributed by atoms with Crippen LogP contribution in [0.2, 0.25) is 5.02 Å². The van der Waals surface area contributed by atoms with Gasteiger partial charge in [0.1, 0.15) is 0 Å². The maximum Gasteiger partial charge on any atom is 0.253 e. The predicted octanol–water partition coefficient (Wildman–Crippen LogP) is 5.57. The van der Waals surface area contributed by atoms with E-state index in [9.17, 15) is 15.0 Å². The lowest BCUT2D eigenvalue weighted by Crippen LogP contribution is -2.40. The predicted molar refractivity (Wildman–Crippen MR) is 136 cm³/mol. The number of aliphatic imine (C=N–C) groups is 1. The zero-order valence-corrected chi connectivity index (χ0v) is 20.2. The number of carbonyl (C=O) groups excluding carboxylic acids is 1. The van der Waals surface area contributed by atoms with Gasteiger partial charge < -0.3 is 15.1 Å². The van der Waals surface area contributed by atoms with Gasteiger partial charge in [-0.2, -0.15) is 0 Å². The molecule has 1 aliphatic carbocycles. The standard InChI is InChI=1S/C26H29ClN2O3S/c1-17(12-20(28-2)15-26(32)8-3-9-26)19-14-24(33-16-19)22-5-4-18(13-23(22)27)25(31)29-10-6-21(30)7-11-29/h4-5,12-14,16,21,30,32H,1-3,6-11,15H2/b20-12-. The fourth-order valence-electron chi connectivity index (χ4n) is 4.28. The minimum atomic E-state index is -0.659. The Labute approximate surface area is 203 Å². The van der Waals surface area contributed by atoms with Crippen molar-refractivity contribution in [1.29, 1.82) is 0 Å². The third kappa shape index (κ3) is 5.46. The van der Waals surface area contributed by atoms with Crippen LogP contribution in [0.25, 0.3) is 16.0 Å². The molecule has 0 radical (unpaired) electrons. The van der Waals surface area contributed by atoms with E-state index in [1.807, 2.05) is 29.7 Å². The van der Waals surface area contributed by atoms with Crippen molar-refractivity contribution in [3.05, 3.63) is 64.1 Å². The number of likely N-dealkylation sites (tertiary alicyclic amines) is 1. The van der Waals surface area contributed by atoms with Gasteiger partial charge in [0, 0.05) is 41.2 Å². The number of hydrogen-bond donors (Lipinski definition) is 2. The second kappa shape index (κ2) is 9.94. The van der Waals surface area contributed by atoms with Gasteiger partial charge in [0.15, 0.2) is 0 Å². The molecule has 7 heteroatoms. The lowest BCUT2D eigenvalue weighted by molar-refractivity contribution is -0.0323. The Kier molecular flexibility index (Phi) is 7.19. The molecule has 1 saturated heterocycles. The smallest absolute Gasteiger partial charge is 0.253 e. The van der Waals surface area contributed by atoms with Crippen LogP contribution in [-0.2, 0) is 0 Å². The molecule has 1 aromatic carbocycles. The molecule has 2 N–H and O–H groups in total. The summed E-state index contributed by atoms with van der Waals surface area (Å²) in [5.74, 6) is -0.0571. The summed E-state index contributed by atoms with van der Waals surface area (Å²) in [4.78, 5) is 19.6. The lowest BCUT2D eigenvalue weighted by atomic mass is 9.77. The molecule has 2 fully saturated rings. The summed E-state index contributed by atoms with van der Waals surface area (Å²) >= 11 is 8.13. The molecule has 0 spiro atoms. The number of allylic oxidation sites excluding steroid dienone is 2. The Morgan fingerprint density at radius 2 is 2.00 bits per heavy atom. The number of aliphatic hydroxyl groups excluding tert-OH is 1. The minimum absolute atomic E-state index is 0.0571. The summed E-state index contributed by atoms with van der Waals surface area (Å²) < 4.78 is 0. The number of halogens is 1. The normalized spacial score (nSPS) is 18.6. The number of nitrogens with zero attached hydrogens (tertiary/aromatic N) is 2. The second-order valence-electron chi connectivity index (χ2n) is 8.99. The summed E-state index contributed by atoms with van der Waals surface area (Å²) in [6.45, 7) is 8.93. The second-order valence-corrected chi connectivity index (χ2v) is 10.3. The Bertz CT molecular complexity index is 1090. The molecular weight excluding hydrogens is 456 g/mol.